The van der Waals surface area contributed by atoms with Crippen LogP contribution < -0.4 is 4.72 Å². The molecule has 3 heterocycles. The minimum absolute atomic E-state index is 0.0727. The van der Waals surface area contributed by atoms with Crippen molar-refractivity contribution in [1.29, 1.82) is 0 Å². The van der Waals surface area contributed by atoms with E-state index >= 15 is 0 Å². The van der Waals surface area contributed by atoms with Gasteiger partial charge in [0.05, 0.1) is 0 Å². The Bertz CT molecular complexity index is 668. The molecule has 2 atom stereocenters. The van der Waals surface area contributed by atoms with Crippen LogP contribution in [0.15, 0.2) is 10.3 Å². The minimum atomic E-state index is -3.79. The molecular weight excluding hydrogens is 312 g/mol. The largest absolute Gasteiger partial charge is 0.477 e. The maximum absolute atomic E-state index is 12.6. The number of carboxylic acids is 1. The predicted octanol–water partition coefficient (Wildman–Crippen LogP) is 1.27. The highest BCUT2D eigenvalue weighted by Gasteiger charge is 2.40. The van der Waals surface area contributed by atoms with E-state index in [2.05, 4.69) is 9.62 Å². The normalized spacial score (nSPS) is 26.1. The molecule has 1 aromatic rings. The summed E-state index contributed by atoms with van der Waals surface area (Å²) in [5, 5.41) is 10.7. The number of carboxylic acid groups (broad SMARTS) is 1. The Balaban J connectivity index is 1.88. The van der Waals surface area contributed by atoms with Crippen LogP contribution in [0.4, 0.5) is 0 Å². The third-order valence-corrected chi connectivity index (χ3v) is 7.19. The van der Waals surface area contributed by atoms with Crippen molar-refractivity contribution >= 4 is 27.3 Å². The third-order valence-electron chi connectivity index (χ3n) is 4.29. The molecule has 0 aliphatic carbocycles. The molecule has 2 fully saturated rings. The van der Waals surface area contributed by atoms with Gasteiger partial charge >= 0.3 is 5.97 Å². The summed E-state index contributed by atoms with van der Waals surface area (Å²) in [6, 6.07) is 0.144. The quantitative estimate of drug-likeness (QED) is 0.868. The monoisotopic (exact) mass is 330 g/mol. The van der Waals surface area contributed by atoms with E-state index in [1.807, 2.05) is 0 Å². The fourth-order valence-electron chi connectivity index (χ4n) is 3.39. The second-order valence-electron chi connectivity index (χ2n) is 5.64. The summed E-state index contributed by atoms with van der Waals surface area (Å²) in [5.74, 6) is -1.19. The van der Waals surface area contributed by atoms with Crippen LogP contribution in [0.3, 0.4) is 0 Å². The first-order valence-electron chi connectivity index (χ1n) is 6.98. The molecule has 8 heteroatoms. The summed E-state index contributed by atoms with van der Waals surface area (Å²) < 4.78 is 27.9. The number of nitrogens with zero attached hydrogens (tertiary/aromatic N) is 1. The van der Waals surface area contributed by atoms with E-state index in [4.69, 9.17) is 5.11 Å². The molecule has 116 valence electrons. The second-order valence-corrected chi connectivity index (χ2v) is 8.17. The van der Waals surface area contributed by atoms with Crippen LogP contribution in [0.2, 0.25) is 0 Å². The van der Waals surface area contributed by atoms with E-state index in [1.54, 1.807) is 12.3 Å². The molecule has 2 aliphatic rings. The molecule has 0 aromatic carbocycles. The fraction of sp³-hybridized carbons (Fsp3) is 0.615. The van der Waals surface area contributed by atoms with E-state index in [0.29, 0.717) is 5.56 Å². The highest BCUT2D eigenvalue weighted by Crippen LogP contribution is 2.31. The number of fused-ring (bicyclic) bond motifs is 1. The average Bonchev–Trinajstić information content (AvgIpc) is 3.05. The molecule has 0 saturated carbocycles. The molecule has 0 radical (unpaired) electrons. The molecule has 21 heavy (non-hydrogen) atoms. The fourth-order valence-corrected chi connectivity index (χ4v) is 6.33. The van der Waals surface area contributed by atoms with Gasteiger partial charge in [0, 0.05) is 18.6 Å². The van der Waals surface area contributed by atoms with Crippen molar-refractivity contribution in [2.75, 3.05) is 13.1 Å². The third kappa shape index (κ3) is 2.61. The van der Waals surface area contributed by atoms with Crippen molar-refractivity contribution < 1.29 is 18.3 Å². The molecule has 2 saturated heterocycles. The van der Waals surface area contributed by atoms with Gasteiger partial charge in [-0.2, -0.15) is 0 Å². The summed E-state index contributed by atoms with van der Waals surface area (Å²) in [6.07, 6.45) is 2.89. The summed E-state index contributed by atoms with van der Waals surface area (Å²) in [4.78, 5) is 13.3. The Morgan fingerprint density at radius 2 is 2.19 bits per heavy atom. The summed E-state index contributed by atoms with van der Waals surface area (Å²) in [5.41, 5.74) is 0.492. The molecule has 0 spiro atoms. The lowest BCUT2D eigenvalue weighted by molar-refractivity contribution is 0.0698. The number of aromatic carboxylic acids is 1. The Morgan fingerprint density at radius 1 is 1.43 bits per heavy atom. The van der Waals surface area contributed by atoms with Crippen LogP contribution in [0.1, 0.15) is 34.5 Å². The first-order chi connectivity index (χ1) is 9.90. The lowest BCUT2D eigenvalue weighted by Crippen LogP contribution is -2.42. The molecule has 0 amide bonds. The predicted molar refractivity (Wildman–Crippen MR) is 79.3 cm³/mol. The van der Waals surface area contributed by atoms with Crippen molar-refractivity contribution in [1.82, 2.24) is 9.62 Å². The topological polar surface area (TPSA) is 86.7 Å². The number of aryl methyl sites for hydroxylation is 1. The molecule has 1 aromatic heterocycles. The lowest BCUT2D eigenvalue weighted by Gasteiger charge is -2.21. The van der Waals surface area contributed by atoms with Crippen molar-refractivity contribution in [3.05, 3.63) is 15.8 Å². The van der Waals surface area contributed by atoms with Gasteiger partial charge < -0.3 is 5.11 Å². The lowest BCUT2D eigenvalue weighted by atomic mass is 10.1. The zero-order valence-electron chi connectivity index (χ0n) is 11.7. The molecule has 2 N–H and O–H groups in total. The Kier molecular flexibility index (Phi) is 3.81. The highest BCUT2D eigenvalue weighted by molar-refractivity contribution is 7.89. The molecule has 2 unspecified atom stereocenters. The number of hydrogen-bond donors (Lipinski definition) is 2. The van der Waals surface area contributed by atoms with Crippen LogP contribution >= 0.6 is 11.3 Å². The minimum Gasteiger partial charge on any atom is -0.477 e. The number of carbonyl (C=O) groups is 1. The van der Waals surface area contributed by atoms with E-state index in [9.17, 15) is 13.2 Å². The van der Waals surface area contributed by atoms with Crippen LogP contribution in [0, 0.1) is 6.92 Å². The molecular formula is C13H18N2O4S2. The SMILES string of the molecule is Cc1csc(C(=O)O)c1S(=O)(=O)NC1CCN2CCCC12. The van der Waals surface area contributed by atoms with Gasteiger partial charge in [-0.05, 0) is 43.7 Å². The Morgan fingerprint density at radius 3 is 2.90 bits per heavy atom. The maximum Gasteiger partial charge on any atom is 0.347 e. The van der Waals surface area contributed by atoms with Crippen molar-refractivity contribution in [3.8, 4) is 0 Å². The summed E-state index contributed by atoms with van der Waals surface area (Å²) in [6.45, 7) is 3.57. The average molecular weight is 330 g/mol. The number of nitrogens with one attached hydrogen (secondary N) is 1. The van der Waals surface area contributed by atoms with Gasteiger partial charge in [0.15, 0.2) is 0 Å². The van der Waals surface area contributed by atoms with Gasteiger partial charge in [0.2, 0.25) is 10.0 Å². The van der Waals surface area contributed by atoms with Crippen LogP contribution in [0.5, 0.6) is 0 Å². The first-order valence-corrected chi connectivity index (χ1v) is 9.34. The van der Waals surface area contributed by atoms with E-state index in [0.717, 1.165) is 43.7 Å². The first kappa shape index (κ1) is 15.0. The summed E-state index contributed by atoms with van der Waals surface area (Å²) in [7, 11) is -3.79. The highest BCUT2D eigenvalue weighted by atomic mass is 32.2. The van der Waals surface area contributed by atoms with Crippen LogP contribution in [0.25, 0.3) is 0 Å². The standard InChI is InChI=1S/C13H18N2O4S2/c1-8-7-20-11(13(16)17)12(8)21(18,19)14-9-4-6-15-5-2-3-10(9)15/h7,9-10,14H,2-6H2,1H3,(H,16,17). The van der Waals surface area contributed by atoms with Gasteiger partial charge in [-0.1, -0.05) is 0 Å². The Hall–Kier alpha value is -0.960. The second kappa shape index (κ2) is 5.35. The smallest absolute Gasteiger partial charge is 0.347 e. The molecule has 6 nitrogen and oxygen atoms in total. The Labute approximate surface area is 127 Å². The zero-order valence-corrected chi connectivity index (χ0v) is 13.3. The number of rotatable bonds is 4. The van der Waals surface area contributed by atoms with Crippen molar-refractivity contribution in [3.63, 3.8) is 0 Å². The van der Waals surface area contributed by atoms with Gasteiger partial charge in [0.25, 0.3) is 0 Å². The zero-order chi connectivity index (χ0) is 15.2. The molecule has 0 bridgehead atoms. The van der Waals surface area contributed by atoms with Gasteiger partial charge in [-0.15, -0.1) is 11.3 Å². The number of hydrogen-bond acceptors (Lipinski definition) is 5. The van der Waals surface area contributed by atoms with Crippen molar-refractivity contribution in [2.24, 2.45) is 0 Å². The van der Waals surface area contributed by atoms with Gasteiger partial charge in [-0.3, -0.25) is 4.90 Å². The number of sulfonamides is 1. The van der Waals surface area contributed by atoms with E-state index < -0.39 is 16.0 Å². The van der Waals surface area contributed by atoms with Crippen molar-refractivity contribution in [2.45, 2.75) is 43.2 Å². The number of thiophene rings is 1. The van der Waals surface area contributed by atoms with Crippen LogP contribution in [-0.2, 0) is 10.0 Å². The van der Waals surface area contributed by atoms with E-state index in [1.165, 1.54) is 0 Å². The van der Waals surface area contributed by atoms with Crippen LogP contribution in [-0.4, -0.2) is 49.6 Å². The van der Waals surface area contributed by atoms with Gasteiger partial charge in [0.1, 0.15) is 9.77 Å². The van der Waals surface area contributed by atoms with E-state index in [-0.39, 0.29) is 21.9 Å². The van der Waals surface area contributed by atoms with Gasteiger partial charge in [-0.25, -0.2) is 17.9 Å². The maximum atomic E-state index is 12.6. The molecule has 3 rings (SSSR count). The molecule has 2 aliphatic heterocycles. The summed E-state index contributed by atoms with van der Waals surface area (Å²) >= 11 is 0.959.